The fraction of sp³-hybridized carbons (Fsp3) is 0.250. The Hall–Kier alpha value is -4.21. The second kappa shape index (κ2) is 11.6. The number of esters is 1. The highest BCUT2D eigenvalue weighted by Crippen LogP contribution is 2.22. The average Bonchev–Trinajstić information content (AvgIpc) is 3.31. The van der Waals surface area contributed by atoms with E-state index >= 15 is 0 Å². The molecule has 10 heteroatoms. The van der Waals surface area contributed by atoms with Gasteiger partial charge in [0.15, 0.2) is 11.5 Å². The maximum Gasteiger partial charge on any atom is 0.338 e. The number of benzene rings is 2. The minimum atomic E-state index is -1.23. The summed E-state index contributed by atoms with van der Waals surface area (Å²) in [7, 11) is 0. The van der Waals surface area contributed by atoms with Crippen LogP contribution >= 0.6 is 0 Å². The normalized spacial score (nSPS) is 11.2. The van der Waals surface area contributed by atoms with E-state index in [4.69, 9.17) is 18.8 Å². The smallest absolute Gasteiger partial charge is 0.338 e. The van der Waals surface area contributed by atoms with E-state index in [1.807, 2.05) is 6.92 Å². The molecule has 0 unspecified atom stereocenters. The molecule has 0 aliphatic rings. The molecule has 0 fully saturated rings. The van der Waals surface area contributed by atoms with Crippen molar-refractivity contribution in [3.05, 3.63) is 71.2 Å². The summed E-state index contributed by atoms with van der Waals surface area (Å²) in [6.07, 6.45) is 0.721. The predicted molar refractivity (Wildman–Crippen MR) is 120 cm³/mol. The van der Waals surface area contributed by atoms with Crippen molar-refractivity contribution in [1.29, 1.82) is 0 Å². The van der Waals surface area contributed by atoms with E-state index in [0.717, 1.165) is 6.42 Å². The van der Waals surface area contributed by atoms with Crippen LogP contribution in [0.4, 0.5) is 4.39 Å². The Morgan fingerprint density at radius 1 is 1.09 bits per heavy atom. The molecule has 2 aromatic carbocycles. The van der Waals surface area contributed by atoms with Gasteiger partial charge in [0, 0.05) is 11.6 Å². The number of aromatic nitrogens is 1. The fourth-order valence-corrected chi connectivity index (χ4v) is 2.82. The third-order valence-corrected chi connectivity index (χ3v) is 4.44. The number of carboxylic acid groups (broad SMARTS) is 1. The van der Waals surface area contributed by atoms with E-state index in [9.17, 15) is 19.1 Å². The largest absolute Gasteiger partial charge is 0.487 e. The lowest BCUT2D eigenvalue weighted by Crippen LogP contribution is -2.14. The van der Waals surface area contributed by atoms with Gasteiger partial charge in [-0.15, -0.1) is 0 Å². The Labute approximate surface area is 194 Å². The van der Waals surface area contributed by atoms with E-state index in [1.54, 1.807) is 25.1 Å². The molecule has 0 atom stereocenters. The van der Waals surface area contributed by atoms with Gasteiger partial charge in [-0.2, -0.15) is 0 Å². The quantitative estimate of drug-likeness (QED) is 0.187. The van der Waals surface area contributed by atoms with E-state index in [-0.39, 0.29) is 47.4 Å². The van der Waals surface area contributed by atoms with Crippen LogP contribution in [0.3, 0.4) is 0 Å². The molecule has 0 saturated heterocycles. The molecule has 1 heterocycles. The summed E-state index contributed by atoms with van der Waals surface area (Å²) in [5.41, 5.74) is 1.23. The van der Waals surface area contributed by atoms with Crippen molar-refractivity contribution in [2.24, 2.45) is 5.16 Å². The third kappa shape index (κ3) is 6.41. The SMILES string of the molecule is CCCON=C(COc1cc(C(=O)O)cc(C(=O)OCC)c1)c1cc(-c2ccc(F)cc2)no1. The first kappa shape index (κ1) is 24.4. The molecular formula is C24H23FN2O7. The molecule has 3 rings (SSSR count). The first-order valence-electron chi connectivity index (χ1n) is 10.5. The van der Waals surface area contributed by atoms with Crippen LogP contribution in [0.15, 0.2) is 58.2 Å². The summed E-state index contributed by atoms with van der Waals surface area (Å²) in [4.78, 5) is 28.9. The molecule has 1 N–H and O–H groups in total. The Balaban J connectivity index is 1.85. The zero-order chi connectivity index (χ0) is 24.5. The first-order valence-corrected chi connectivity index (χ1v) is 10.5. The zero-order valence-electron chi connectivity index (χ0n) is 18.6. The third-order valence-electron chi connectivity index (χ3n) is 4.44. The fourth-order valence-electron chi connectivity index (χ4n) is 2.82. The van der Waals surface area contributed by atoms with Gasteiger partial charge in [-0.05, 0) is 55.8 Å². The molecule has 0 saturated carbocycles. The number of aromatic carboxylic acids is 1. The van der Waals surface area contributed by atoms with Gasteiger partial charge in [0.05, 0.1) is 17.7 Å². The average molecular weight is 470 g/mol. The minimum Gasteiger partial charge on any atom is -0.487 e. The molecule has 178 valence electrons. The van der Waals surface area contributed by atoms with Gasteiger partial charge >= 0.3 is 11.9 Å². The molecule has 0 aliphatic carbocycles. The summed E-state index contributed by atoms with van der Waals surface area (Å²) < 4.78 is 29.3. The monoisotopic (exact) mass is 470 g/mol. The van der Waals surface area contributed by atoms with Crippen LogP contribution < -0.4 is 4.74 Å². The van der Waals surface area contributed by atoms with Crippen LogP contribution in [-0.4, -0.2) is 47.7 Å². The van der Waals surface area contributed by atoms with Crippen molar-refractivity contribution >= 4 is 17.7 Å². The molecule has 3 aromatic rings. The lowest BCUT2D eigenvalue weighted by molar-refractivity contribution is 0.0526. The Kier molecular flexibility index (Phi) is 8.33. The maximum atomic E-state index is 13.2. The molecule has 0 radical (unpaired) electrons. The number of carbonyl (C=O) groups is 2. The van der Waals surface area contributed by atoms with Crippen LogP contribution in [-0.2, 0) is 9.57 Å². The van der Waals surface area contributed by atoms with Crippen molar-refractivity contribution in [2.45, 2.75) is 20.3 Å². The van der Waals surface area contributed by atoms with E-state index in [2.05, 4.69) is 10.3 Å². The molecule has 9 nitrogen and oxygen atoms in total. The number of carboxylic acids is 1. The lowest BCUT2D eigenvalue weighted by atomic mass is 10.1. The Morgan fingerprint density at radius 3 is 2.50 bits per heavy atom. The number of nitrogens with zero attached hydrogens (tertiary/aromatic N) is 2. The molecule has 34 heavy (non-hydrogen) atoms. The van der Waals surface area contributed by atoms with Crippen molar-refractivity contribution < 1.29 is 37.9 Å². The maximum absolute atomic E-state index is 13.2. The van der Waals surface area contributed by atoms with Crippen molar-refractivity contribution in [2.75, 3.05) is 19.8 Å². The molecule has 0 spiro atoms. The minimum absolute atomic E-state index is 0.0377. The molecule has 0 amide bonds. The lowest BCUT2D eigenvalue weighted by Gasteiger charge is -2.10. The van der Waals surface area contributed by atoms with Gasteiger partial charge in [-0.25, -0.2) is 14.0 Å². The van der Waals surface area contributed by atoms with Crippen LogP contribution in [0.25, 0.3) is 11.3 Å². The highest BCUT2D eigenvalue weighted by molar-refractivity contribution is 6.00. The predicted octanol–water partition coefficient (Wildman–Crippen LogP) is 4.57. The first-order chi connectivity index (χ1) is 16.4. The highest BCUT2D eigenvalue weighted by atomic mass is 19.1. The summed E-state index contributed by atoms with van der Waals surface area (Å²) in [6.45, 7) is 3.88. The summed E-state index contributed by atoms with van der Waals surface area (Å²) in [5, 5.41) is 17.4. The Morgan fingerprint density at radius 2 is 1.82 bits per heavy atom. The summed E-state index contributed by atoms with van der Waals surface area (Å²) in [6, 6.07) is 11.2. The van der Waals surface area contributed by atoms with Crippen LogP contribution in [0.5, 0.6) is 5.75 Å². The number of oxime groups is 1. The van der Waals surface area contributed by atoms with Crippen molar-refractivity contribution in [3.63, 3.8) is 0 Å². The second-order valence-corrected chi connectivity index (χ2v) is 7.01. The number of hydrogen-bond donors (Lipinski definition) is 1. The van der Waals surface area contributed by atoms with Gasteiger partial charge in [0.1, 0.15) is 30.5 Å². The van der Waals surface area contributed by atoms with Gasteiger partial charge < -0.3 is 23.9 Å². The van der Waals surface area contributed by atoms with Gasteiger partial charge in [0.25, 0.3) is 0 Å². The van der Waals surface area contributed by atoms with Crippen LogP contribution in [0, 0.1) is 5.82 Å². The molecular weight excluding hydrogens is 447 g/mol. The van der Waals surface area contributed by atoms with Gasteiger partial charge in [0.2, 0.25) is 0 Å². The van der Waals surface area contributed by atoms with E-state index in [0.29, 0.717) is 17.9 Å². The molecule has 1 aromatic heterocycles. The number of ether oxygens (including phenoxy) is 2. The zero-order valence-corrected chi connectivity index (χ0v) is 18.6. The number of halogens is 1. The van der Waals surface area contributed by atoms with Crippen LogP contribution in [0.2, 0.25) is 0 Å². The Bertz CT molecular complexity index is 1170. The van der Waals surface area contributed by atoms with Crippen LogP contribution in [0.1, 0.15) is 46.7 Å². The molecule has 0 bridgehead atoms. The van der Waals surface area contributed by atoms with Crippen molar-refractivity contribution in [1.82, 2.24) is 5.16 Å². The molecule has 0 aliphatic heterocycles. The number of rotatable bonds is 11. The highest BCUT2D eigenvalue weighted by Gasteiger charge is 2.17. The summed E-state index contributed by atoms with van der Waals surface area (Å²) >= 11 is 0. The number of hydrogen-bond acceptors (Lipinski definition) is 8. The van der Waals surface area contributed by atoms with Gasteiger partial charge in [-0.3, -0.25) is 0 Å². The van der Waals surface area contributed by atoms with Crippen molar-refractivity contribution in [3.8, 4) is 17.0 Å². The van der Waals surface area contributed by atoms with Gasteiger partial charge in [-0.1, -0.05) is 17.2 Å². The topological polar surface area (TPSA) is 120 Å². The van der Waals surface area contributed by atoms with E-state index in [1.165, 1.54) is 30.3 Å². The number of carbonyl (C=O) groups excluding carboxylic acids is 1. The second-order valence-electron chi connectivity index (χ2n) is 7.01. The van der Waals surface area contributed by atoms with E-state index < -0.39 is 11.9 Å². The summed E-state index contributed by atoms with van der Waals surface area (Å²) in [5.74, 6) is -1.91. The standard InChI is InChI=1S/C24H23FN2O7/c1-3-9-33-26-21(22-13-20(27-34-22)15-5-7-18(25)8-6-15)14-32-19-11-16(23(28)29)10-17(12-19)24(30)31-4-2/h5-8,10-13H,3-4,9,14H2,1-2H3,(H,28,29).